The van der Waals surface area contributed by atoms with Crippen LogP contribution in [0.3, 0.4) is 0 Å². The zero-order valence-corrected chi connectivity index (χ0v) is 17.4. The number of aromatic nitrogens is 3. The van der Waals surface area contributed by atoms with E-state index < -0.39 is 5.97 Å². The minimum Gasteiger partial charge on any atom is -0.481 e. The summed E-state index contributed by atoms with van der Waals surface area (Å²) >= 11 is 1.64. The minimum atomic E-state index is -0.738. The first-order chi connectivity index (χ1) is 12.8. The number of nitrogens with zero attached hydrogens (tertiary/aromatic N) is 3. The largest absolute Gasteiger partial charge is 0.481 e. The third kappa shape index (κ3) is 7.21. The van der Waals surface area contributed by atoms with Crippen molar-refractivity contribution in [3.63, 3.8) is 0 Å². The first-order valence-corrected chi connectivity index (χ1v) is 10.4. The Morgan fingerprint density at radius 1 is 1.22 bits per heavy atom. The van der Waals surface area contributed by atoms with Crippen LogP contribution >= 0.6 is 11.8 Å². The third-order valence-corrected chi connectivity index (χ3v) is 5.23. The zero-order valence-electron chi connectivity index (χ0n) is 16.6. The molecule has 5 nitrogen and oxygen atoms in total. The SMILES string of the molecule is C/C(=C\CSCCC(=O)O)CCn1cc(-c2ccc(C(C)(C)C)cc2)nn1. The van der Waals surface area contributed by atoms with Crippen LogP contribution in [0.25, 0.3) is 11.3 Å². The van der Waals surface area contributed by atoms with Gasteiger partial charge in [-0.3, -0.25) is 9.48 Å². The summed E-state index contributed by atoms with van der Waals surface area (Å²) in [6.07, 6.45) is 5.28. The van der Waals surface area contributed by atoms with E-state index in [1.807, 2.05) is 10.9 Å². The smallest absolute Gasteiger partial charge is 0.304 e. The van der Waals surface area contributed by atoms with Crippen LogP contribution in [0.2, 0.25) is 0 Å². The normalized spacial score (nSPS) is 12.4. The monoisotopic (exact) mass is 387 g/mol. The molecule has 0 aliphatic heterocycles. The number of hydrogen-bond donors (Lipinski definition) is 1. The van der Waals surface area contributed by atoms with Gasteiger partial charge in [0.15, 0.2) is 0 Å². The Kier molecular flexibility index (Phi) is 7.66. The van der Waals surface area contributed by atoms with E-state index in [4.69, 9.17) is 5.11 Å². The summed E-state index contributed by atoms with van der Waals surface area (Å²) in [6, 6.07) is 8.52. The van der Waals surface area contributed by atoms with Crippen LogP contribution in [0.4, 0.5) is 0 Å². The second-order valence-electron chi connectivity index (χ2n) is 7.71. The van der Waals surface area contributed by atoms with E-state index in [-0.39, 0.29) is 11.8 Å². The number of aryl methyl sites for hydroxylation is 1. The number of allylic oxidation sites excluding steroid dienone is 1. The fourth-order valence-corrected chi connectivity index (χ4v) is 3.41. The van der Waals surface area contributed by atoms with Crippen molar-refractivity contribution >= 4 is 17.7 Å². The summed E-state index contributed by atoms with van der Waals surface area (Å²) in [5.74, 6) is 0.764. The van der Waals surface area contributed by atoms with Crippen LogP contribution in [0.5, 0.6) is 0 Å². The van der Waals surface area contributed by atoms with Gasteiger partial charge in [-0.2, -0.15) is 11.8 Å². The molecular formula is C21H29N3O2S. The van der Waals surface area contributed by atoms with Crippen LogP contribution in [0.15, 0.2) is 42.1 Å². The second-order valence-corrected chi connectivity index (χ2v) is 8.86. The molecule has 1 aromatic carbocycles. The molecule has 1 N–H and O–H groups in total. The van der Waals surface area contributed by atoms with Gasteiger partial charge in [-0.1, -0.05) is 61.9 Å². The lowest BCUT2D eigenvalue weighted by Gasteiger charge is -2.18. The number of aliphatic carboxylic acids is 1. The summed E-state index contributed by atoms with van der Waals surface area (Å²) in [4.78, 5) is 10.5. The molecule has 0 aliphatic rings. The van der Waals surface area contributed by atoms with Gasteiger partial charge in [-0.05, 0) is 24.3 Å². The summed E-state index contributed by atoms with van der Waals surface area (Å²) in [6.45, 7) is 9.51. The van der Waals surface area contributed by atoms with Crippen molar-refractivity contribution in [1.29, 1.82) is 0 Å². The lowest BCUT2D eigenvalue weighted by Crippen LogP contribution is -2.10. The van der Waals surface area contributed by atoms with E-state index in [0.29, 0.717) is 5.75 Å². The highest BCUT2D eigenvalue weighted by Gasteiger charge is 2.13. The quantitative estimate of drug-likeness (QED) is 0.495. The van der Waals surface area contributed by atoms with Gasteiger partial charge in [0.1, 0.15) is 5.69 Å². The molecule has 0 atom stereocenters. The van der Waals surface area contributed by atoms with Crippen molar-refractivity contribution in [2.45, 2.75) is 52.5 Å². The number of thioether (sulfide) groups is 1. The van der Waals surface area contributed by atoms with Crippen molar-refractivity contribution in [2.24, 2.45) is 0 Å². The molecule has 0 unspecified atom stereocenters. The number of hydrogen-bond acceptors (Lipinski definition) is 4. The van der Waals surface area contributed by atoms with Crippen molar-refractivity contribution < 1.29 is 9.90 Å². The maximum atomic E-state index is 10.5. The van der Waals surface area contributed by atoms with Gasteiger partial charge >= 0.3 is 5.97 Å². The molecule has 0 spiro atoms. The average molecular weight is 388 g/mol. The summed E-state index contributed by atoms with van der Waals surface area (Å²) in [5, 5.41) is 17.1. The Morgan fingerprint density at radius 3 is 2.56 bits per heavy atom. The van der Waals surface area contributed by atoms with Gasteiger partial charge in [0.05, 0.1) is 12.6 Å². The molecule has 2 aromatic rings. The fourth-order valence-electron chi connectivity index (χ4n) is 2.52. The number of carbonyl (C=O) groups is 1. The van der Waals surface area contributed by atoms with Crippen molar-refractivity contribution in [3.05, 3.63) is 47.7 Å². The first-order valence-electron chi connectivity index (χ1n) is 9.22. The predicted molar refractivity (Wildman–Crippen MR) is 112 cm³/mol. The predicted octanol–water partition coefficient (Wildman–Crippen LogP) is 4.79. The lowest BCUT2D eigenvalue weighted by molar-refractivity contribution is -0.136. The van der Waals surface area contributed by atoms with E-state index in [2.05, 4.69) is 68.3 Å². The molecule has 27 heavy (non-hydrogen) atoms. The van der Waals surface area contributed by atoms with E-state index in [0.717, 1.165) is 30.0 Å². The Morgan fingerprint density at radius 2 is 1.93 bits per heavy atom. The van der Waals surface area contributed by atoms with E-state index in [9.17, 15) is 4.79 Å². The van der Waals surface area contributed by atoms with Crippen LogP contribution in [0.1, 0.15) is 46.1 Å². The first kappa shape index (κ1) is 21.2. The molecule has 2 rings (SSSR count). The van der Waals surface area contributed by atoms with Gasteiger partial charge < -0.3 is 5.11 Å². The number of carboxylic acid groups (broad SMARTS) is 1. The zero-order chi connectivity index (χ0) is 19.9. The molecule has 0 saturated heterocycles. The van der Waals surface area contributed by atoms with E-state index in [1.54, 1.807) is 11.8 Å². The maximum Gasteiger partial charge on any atom is 0.304 e. The number of carboxylic acids is 1. The molecule has 0 amide bonds. The summed E-state index contributed by atoms with van der Waals surface area (Å²) < 4.78 is 1.88. The van der Waals surface area contributed by atoms with Crippen molar-refractivity contribution in [3.8, 4) is 11.3 Å². The van der Waals surface area contributed by atoms with E-state index >= 15 is 0 Å². The molecule has 6 heteroatoms. The second kappa shape index (κ2) is 9.74. The molecule has 0 fully saturated rings. The molecule has 0 aliphatic carbocycles. The molecule has 0 saturated carbocycles. The van der Waals surface area contributed by atoms with Crippen molar-refractivity contribution in [1.82, 2.24) is 15.0 Å². The Labute approximate surface area is 165 Å². The van der Waals surface area contributed by atoms with E-state index in [1.165, 1.54) is 11.1 Å². The summed E-state index contributed by atoms with van der Waals surface area (Å²) in [7, 11) is 0. The highest BCUT2D eigenvalue weighted by molar-refractivity contribution is 7.99. The van der Waals surface area contributed by atoms with Crippen molar-refractivity contribution in [2.75, 3.05) is 11.5 Å². The maximum absolute atomic E-state index is 10.5. The summed E-state index contributed by atoms with van der Waals surface area (Å²) in [5.41, 5.74) is 4.70. The lowest BCUT2D eigenvalue weighted by atomic mass is 9.86. The number of rotatable bonds is 9. The molecular weight excluding hydrogens is 358 g/mol. The molecule has 146 valence electrons. The highest BCUT2D eigenvalue weighted by Crippen LogP contribution is 2.25. The van der Waals surface area contributed by atoms with Crippen LogP contribution in [-0.2, 0) is 16.8 Å². The van der Waals surface area contributed by atoms with Crippen LogP contribution in [-0.4, -0.2) is 37.6 Å². The molecule has 0 bridgehead atoms. The molecule has 1 heterocycles. The van der Waals surface area contributed by atoms with Gasteiger partial charge in [0.2, 0.25) is 0 Å². The Bertz CT molecular complexity index is 773. The average Bonchev–Trinajstić information content (AvgIpc) is 3.08. The molecule has 0 radical (unpaired) electrons. The third-order valence-electron chi connectivity index (χ3n) is 4.33. The Balaban J connectivity index is 1.84. The van der Waals surface area contributed by atoms with Gasteiger partial charge in [0.25, 0.3) is 0 Å². The Hall–Kier alpha value is -2.08. The van der Waals surface area contributed by atoms with Gasteiger partial charge in [-0.15, -0.1) is 5.10 Å². The highest BCUT2D eigenvalue weighted by atomic mass is 32.2. The standard InChI is InChI=1S/C21H29N3O2S/c1-16(10-13-27-14-11-20(25)26)9-12-24-15-19(22-23-24)17-5-7-18(8-6-17)21(2,3)4/h5-8,10,15H,9,11-14H2,1-4H3,(H,25,26)/b16-10+. The van der Waals surface area contributed by atoms with Crippen LogP contribution in [0, 0.1) is 0 Å². The topological polar surface area (TPSA) is 68.0 Å². The van der Waals surface area contributed by atoms with Gasteiger partial charge in [-0.25, -0.2) is 0 Å². The van der Waals surface area contributed by atoms with Gasteiger partial charge in [0, 0.05) is 23.6 Å². The minimum absolute atomic E-state index is 0.145. The molecule has 1 aromatic heterocycles. The fraction of sp³-hybridized carbons (Fsp3) is 0.476. The number of benzene rings is 1. The van der Waals surface area contributed by atoms with Crippen LogP contribution < -0.4 is 0 Å².